The molecule has 0 aromatic heterocycles. The van der Waals surface area contributed by atoms with Crippen molar-refractivity contribution in [3.63, 3.8) is 0 Å². The molecule has 0 spiro atoms. The highest BCUT2D eigenvalue weighted by molar-refractivity contribution is 5.47. The zero-order chi connectivity index (χ0) is 22.5. The van der Waals surface area contributed by atoms with Gasteiger partial charge in [-0.15, -0.1) is 0 Å². The quantitative estimate of drug-likeness (QED) is 0.328. The van der Waals surface area contributed by atoms with Crippen molar-refractivity contribution in [1.29, 1.82) is 0 Å². The number of fused-ring (bicyclic) bond motifs is 1. The third kappa shape index (κ3) is 5.40. The summed E-state index contributed by atoms with van der Waals surface area (Å²) in [5.41, 5.74) is 2.47. The maximum atomic E-state index is 14.8. The third-order valence-electron chi connectivity index (χ3n) is 7.61. The van der Waals surface area contributed by atoms with Crippen molar-refractivity contribution in [3.05, 3.63) is 70.0 Å². The van der Waals surface area contributed by atoms with Crippen molar-refractivity contribution in [2.24, 2.45) is 17.8 Å². The monoisotopic (exact) mass is 438 g/mol. The van der Waals surface area contributed by atoms with E-state index in [0.717, 1.165) is 48.3 Å². The highest BCUT2D eigenvalue weighted by Gasteiger charge is 2.30. The van der Waals surface area contributed by atoms with Crippen LogP contribution >= 0.6 is 0 Å². The average Bonchev–Trinajstić information content (AvgIpc) is 2.80. The zero-order valence-electron chi connectivity index (χ0n) is 19.0. The molecule has 0 N–H and O–H groups in total. The molecule has 4 rings (SSSR count). The Balaban J connectivity index is 1.40. The summed E-state index contributed by atoms with van der Waals surface area (Å²) in [5, 5.41) is 0. The van der Waals surface area contributed by atoms with Gasteiger partial charge >= 0.3 is 0 Å². The molecule has 0 nitrogen and oxygen atoms in total. The van der Waals surface area contributed by atoms with Crippen LogP contribution in [0.3, 0.4) is 0 Å². The van der Waals surface area contributed by atoms with Crippen molar-refractivity contribution in [3.8, 4) is 11.8 Å². The van der Waals surface area contributed by atoms with E-state index in [1.807, 2.05) is 6.07 Å². The Hall–Kier alpha value is -2.21. The topological polar surface area (TPSA) is 0 Å². The van der Waals surface area contributed by atoms with Gasteiger partial charge in [-0.25, -0.2) is 13.2 Å². The zero-order valence-corrected chi connectivity index (χ0v) is 19.0. The minimum Gasteiger partial charge on any atom is -0.206 e. The molecule has 0 saturated heterocycles. The maximum Gasteiger partial charge on any atom is 0.174 e. The SMILES string of the molecule is CCCCCC1CCC(C2CCc3cc(C#Cc4cccc(F)c4F)c(F)cc3C2)CC1. The molecule has 0 amide bonds. The third-order valence-corrected chi connectivity index (χ3v) is 7.61. The molecule has 2 aliphatic carbocycles. The summed E-state index contributed by atoms with van der Waals surface area (Å²) in [5.74, 6) is 5.35. The average molecular weight is 439 g/mol. The molecule has 2 aromatic rings. The van der Waals surface area contributed by atoms with Gasteiger partial charge < -0.3 is 0 Å². The first-order valence-electron chi connectivity index (χ1n) is 12.3. The van der Waals surface area contributed by atoms with Crippen LogP contribution in [-0.4, -0.2) is 0 Å². The predicted octanol–water partition coefficient (Wildman–Crippen LogP) is 8.00. The molecular weight excluding hydrogens is 405 g/mol. The predicted molar refractivity (Wildman–Crippen MR) is 124 cm³/mol. The Morgan fingerprint density at radius 3 is 2.38 bits per heavy atom. The van der Waals surface area contributed by atoms with Crippen LogP contribution in [0.1, 0.15) is 87.0 Å². The smallest absolute Gasteiger partial charge is 0.174 e. The first kappa shape index (κ1) is 23.0. The molecule has 2 aliphatic rings. The molecule has 2 aromatic carbocycles. The lowest BCUT2D eigenvalue weighted by atomic mass is 9.69. The first-order valence-corrected chi connectivity index (χ1v) is 12.3. The Morgan fingerprint density at radius 1 is 0.812 bits per heavy atom. The molecule has 1 saturated carbocycles. The Kier molecular flexibility index (Phi) is 7.61. The molecule has 0 aliphatic heterocycles. The van der Waals surface area contributed by atoms with Gasteiger partial charge in [0.15, 0.2) is 11.6 Å². The number of unbranched alkanes of at least 4 members (excludes halogenated alkanes) is 2. The standard InChI is InChI=1S/C29H33F3/c1-2-3-4-6-20-9-11-21(12-10-20)23-14-15-24-17-25(28(31)19-26(24)18-23)16-13-22-7-5-8-27(30)29(22)32/h5,7-8,17,19-21,23H,2-4,6,9-12,14-15,18H2,1H3. The summed E-state index contributed by atoms with van der Waals surface area (Å²) >= 11 is 0. The van der Waals surface area contributed by atoms with Crippen molar-refractivity contribution < 1.29 is 13.2 Å². The van der Waals surface area contributed by atoms with Gasteiger partial charge in [-0.2, -0.15) is 0 Å². The highest BCUT2D eigenvalue weighted by Crippen LogP contribution is 2.41. The molecule has 0 heterocycles. The van der Waals surface area contributed by atoms with Gasteiger partial charge in [0, 0.05) is 0 Å². The normalized spacial score (nSPS) is 22.7. The molecule has 0 bridgehead atoms. The van der Waals surface area contributed by atoms with Gasteiger partial charge in [0.25, 0.3) is 0 Å². The number of rotatable bonds is 5. The number of halogens is 3. The van der Waals surface area contributed by atoms with E-state index in [1.54, 1.807) is 6.07 Å². The van der Waals surface area contributed by atoms with E-state index < -0.39 is 11.6 Å². The van der Waals surface area contributed by atoms with Gasteiger partial charge in [-0.3, -0.25) is 0 Å². The van der Waals surface area contributed by atoms with E-state index in [1.165, 1.54) is 63.5 Å². The summed E-state index contributed by atoms with van der Waals surface area (Å²) in [4.78, 5) is 0. The second-order valence-electron chi connectivity index (χ2n) is 9.73. The Morgan fingerprint density at radius 2 is 1.59 bits per heavy atom. The minimum atomic E-state index is -0.985. The minimum absolute atomic E-state index is 0.0486. The summed E-state index contributed by atoms with van der Waals surface area (Å²) in [6, 6.07) is 7.31. The van der Waals surface area contributed by atoms with Crippen molar-refractivity contribution in [2.45, 2.75) is 77.6 Å². The molecule has 1 unspecified atom stereocenters. The summed E-state index contributed by atoms with van der Waals surface area (Å²) < 4.78 is 42.0. The summed E-state index contributed by atoms with van der Waals surface area (Å²) in [6.45, 7) is 2.26. The number of benzene rings is 2. The van der Waals surface area contributed by atoms with Crippen LogP contribution in [0.5, 0.6) is 0 Å². The fourth-order valence-corrected chi connectivity index (χ4v) is 5.67. The lowest BCUT2D eigenvalue weighted by Gasteiger charge is -2.36. The molecule has 32 heavy (non-hydrogen) atoms. The van der Waals surface area contributed by atoms with Crippen molar-refractivity contribution in [1.82, 2.24) is 0 Å². The van der Waals surface area contributed by atoms with Gasteiger partial charge in [0.1, 0.15) is 5.82 Å². The van der Waals surface area contributed by atoms with Crippen LogP contribution in [0.25, 0.3) is 0 Å². The fourth-order valence-electron chi connectivity index (χ4n) is 5.67. The van der Waals surface area contributed by atoms with Crippen molar-refractivity contribution in [2.75, 3.05) is 0 Å². The van der Waals surface area contributed by atoms with Gasteiger partial charge in [0.2, 0.25) is 0 Å². The van der Waals surface area contributed by atoms with E-state index in [0.29, 0.717) is 5.92 Å². The lowest BCUT2D eigenvalue weighted by Crippen LogP contribution is -2.26. The fraction of sp³-hybridized carbons (Fsp3) is 0.517. The van der Waals surface area contributed by atoms with Crippen LogP contribution in [0, 0.1) is 47.0 Å². The largest absolute Gasteiger partial charge is 0.206 e. The summed E-state index contributed by atoms with van der Waals surface area (Å²) in [6.07, 6.45) is 13.8. The first-order chi connectivity index (χ1) is 15.5. The number of hydrogen-bond donors (Lipinski definition) is 0. The van der Waals surface area contributed by atoms with E-state index in [9.17, 15) is 13.2 Å². The highest BCUT2D eigenvalue weighted by atomic mass is 19.2. The molecule has 0 radical (unpaired) electrons. The molecule has 3 heteroatoms. The van der Waals surface area contributed by atoms with E-state index in [-0.39, 0.29) is 16.9 Å². The summed E-state index contributed by atoms with van der Waals surface area (Å²) in [7, 11) is 0. The van der Waals surface area contributed by atoms with Gasteiger partial charge in [-0.05, 0) is 85.3 Å². The van der Waals surface area contributed by atoms with Gasteiger partial charge in [-0.1, -0.05) is 63.4 Å². The second kappa shape index (κ2) is 10.6. The second-order valence-corrected chi connectivity index (χ2v) is 9.73. The van der Waals surface area contributed by atoms with Crippen LogP contribution in [-0.2, 0) is 12.8 Å². The Bertz CT molecular complexity index is 989. The van der Waals surface area contributed by atoms with E-state index in [4.69, 9.17) is 0 Å². The van der Waals surface area contributed by atoms with Crippen molar-refractivity contribution >= 4 is 0 Å². The molecule has 1 atom stereocenters. The van der Waals surface area contributed by atoms with Crippen LogP contribution < -0.4 is 0 Å². The van der Waals surface area contributed by atoms with Crippen LogP contribution in [0.2, 0.25) is 0 Å². The van der Waals surface area contributed by atoms with E-state index >= 15 is 0 Å². The van der Waals surface area contributed by atoms with Crippen LogP contribution in [0.15, 0.2) is 30.3 Å². The number of aryl methyl sites for hydroxylation is 1. The molecule has 170 valence electrons. The molecular formula is C29H33F3. The lowest BCUT2D eigenvalue weighted by molar-refractivity contribution is 0.183. The van der Waals surface area contributed by atoms with Gasteiger partial charge in [0.05, 0.1) is 11.1 Å². The maximum absolute atomic E-state index is 14.8. The van der Waals surface area contributed by atoms with Crippen LogP contribution in [0.4, 0.5) is 13.2 Å². The number of hydrogen-bond acceptors (Lipinski definition) is 0. The van der Waals surface area contributed by atoms with E-state index in [2.05, 4.69) is 18.8 Å². The molecule has 1 fully saturated rings. The Labute approximate surface area is 190 Å².